The Kier molecular flexibility index (Phi) is 5.21. The zero-order valence-electron chi connectivity index (χ0n) is 12.5. The molecule has 1 aromatic rings. The van der Waals surface area contributed by atoms with E-state index in [-0.39, 0.29) is 17.4 Å². The minimum absolute atomic E-state index is 0.207. The lowest BCUT2D eigenvalue weighted by molar-refractivity contribution is 0.150. The van der Waals surface area contributed by atoms with Gasteiger partial charge in [0.15, 0.2) is 0 Å². The number of benzene rings is 1. The molecule has 0 heterocycles. The van der Waals surface area contributed by atoms with Crippen LogP contribution in [0.4, 0.5) is 4.39 Å². The predicted octanol–water partition coefficient (Wildman–Crippen LogP) is 4.11. The van der Waals surface area contributed by atoms with Crippen LogP contribution in [-0.4, -0.2) is 31.1 Å². The van der Waals surface area contributed by atoms with E-state index in [4.69, 9.17) is 0 Å². The summed E-state index contributed by atoms with van der Waals surface area (Å²) in [5.74, 6) is -0.207. The normalized spacial score (nSPS) is 19.5. The quantitative estimate of drug-likeness (QED) is 0.865. The Hall–Kier alpha value is -0.450. The predicted molar refractivity (Wildman–Crippen MR) is 85.4 cm³/mol. The number of halogens is 2. The van der Waals surface area contributed by atoms with Gasteiger partial charge in [-0.25, -0.2) is 4.39 Å². The summed E-state index contributed by atoms with van der Waals surface area (Å²) in [7, 11) is 4.35. The maximum absolute atomic E-state index is 13.3. The minimum Gasteiger partial charge on any atom is -0.308 e. The highest BCUT2D eigenvalue weighted by atomic mass is 79.9. The maximum Gasteiger partial charge on any atom is 0.137 e. The summed E-state index contributed by atoms with van der Waals surface area (Å²) in [6.45, 7) is 3.12. The molecule has 1 aliphatic carbocycles. The summed E-state index contributed by atoms with van der Waals surface area (Å²) in [6.07, 6.45) is 5.15. The van der Waals surface area contributed by atoms with Crippen molar-refractivity contribution < 1.29 is 4.39 Å². The lowest BCUT2D eigenvalue weighted by atomic mass is 9.95. The van der Waals surface area contributed by atoms with E-state index in [9.17, 15) is 4.39 Å². The van der Waals surface area contributed by atoms with Crippen LogP contribution in [0.2, 0.25) is 0 Å². The number of hydrogen-bond acceptors (Lipinski definition) is 2. The van der Waals surface area contributed by atoms with Crippen LogP contribution in [0, 0.1) is 5.82 Å². The molecule has 2 rings (SSSR count). The monoisotopic (exact) mass is 342 g/mol. The lowest BCUT2D eigenvalue weighted by Gasteiger charge is -2.37. The zero-order chi connectivity index (χ0) is 14.8. The highest BCUT2D eigenvalue weighted by Gasteiger charge is 2.35. The molecule has 0 radical (unpaired) electrons. The van der Waals surface area contributed by atoms with Crippen molar-refractivity contribution >= 4 is 15.9 Å². The summed E-state index contributed by atoms with van der Waals surface area (Å²) in [5.41, 5.74) is 1.40. The van der Waals surface area contributed by atoms with Crippen molar-refractivity contribution in [2.75, 3.05) is 20.6 Å². The molecule has 0 spiro atoms. The van der Waals surface area contributed by atoms with Gasteiger partial charge in [-0.15, -0.1) is 0 Å². The molecule has 1 fully saturated rings. The van der Waals surface area contributed by atoms with Crippen LogP contribution in [0.3, 0.4) is 0 Å². The molecule has 4 heteroatoms. The molecule has 0 amide bonds. The van der Waals surface area contributed by atoms with Gasteiger partial charge in [0.25, 0.3) is 0 Å². The molecule has 1 aliphatic rings. The maximum atomic E-state index is 13.3. The van der Waals surface area contributed by atoms with E-state index in [1.165, 1.54) is 31.7 Å². The summed E-state index contributed by atoms with van der Waals surface area (Å²) in [6, 6.07) is 5.47. The van der Waals surface area contributed by atoms with Crippen molar-refractivity contribution in [2.24, 2.45) is 0 Å². The Morgan fingerprint density at radius 2 is 2.00 bits per heavy atom. The minimum atomic E-state index is -0.207. The zero-order valence-corrected chi connectivity index (χ0v) is 14.1. The summed E-state index contributed by atoms with van der Waals surface area (Å²) in [5, 5.41) is 3.62. The second kappa shape index (κ2) is 6.54. The Morgan fingerprint density at radius 3 is 2.55 bits per heavy atom. The first-order chi connectivity index (χ1) is 9.44. The number of likely N-dealkylation sites (N-methyl/N-ethyl adjacent to an activating group) is 1. The fourth-order valence-electron chi connectivity index (χ4n) is 3.06. The van der Waals surface area contributed by atoms with Gasteiger partial charge < -0.3 is 10.2 Å². The average Bonchev–Trinajstić information content (AvgIpc) is 2.89. The molecule has 0 saturated heterocycles. The van der Waals surface area contributed by atoms with Crippen LogP contribution in [0.1, 0.15) is 44.2 Å². The summed E-state index contributed by atoms with van der Waals surface area (Å²) in [4.78, 5) is 2.36. The highest BCUT2D eigenvalue weighted by Crippen LogP contribution is 2.33. The van der Waals surface area contributed by atoms with Crippen LogP contribution in [0.15, 0.2) is 22.7 Å². The topological polar surface area (TPSA) is 15.3 Å². The molecule has 112 valence electrons. The molecule has 0 aromatic heterocycles. The molecule has 1 saturated carbocycles. The number of hydrogen-bond donors (Lipinski definition) is 1. The Morgan fingerprint density at radius 1 is 1.35 bits per heavy atom. The standard InChI is InChI=1S/C16H24BrFN2/c1-12(13-6-7-15(18)14(17)10-13)19-11-16(20(2)3)8-4-5-9-16/h6-7,10,12,19H,4-5,8-9,11H2,1-3H3. The SMILES string of the molecule is CC(NCC1(N(C)C)CCCC1)c1ccc(F)c(Br)c1. The Balaban J connectivity index is 2.00. The molecule has 1 unspecified atom stereocenters. The molecule has 0 aliphatic heterocycles. The third-order valence-corrected chi connectivity index (χ3v) is 5.27. The Labute approximate surface area is 129 Å². The smallest absolute Gasteiger partial charge is 0.137 e. The fourth-order valence-corrected chi connectivity index (χ4v) is 3.45. The second-order valence-corrected chi connectivity index (χ2v) is 6.96. The van der Waals surface area contributed by atoms with Crippen LogP contribution in [0.5, 0.6) is 0 Å². The van der Waals surface area contributed by atoms with Crippen molar-refractivity contribution in [3.05, 3.63) is 34.1 Å². The largest absolute Gasteiger partial charge is 0.308 e. The molecule has 1 N–H and O–H groups in total. The fraction of sp³-hybridized carbons (Fsp3) is 0.625. The molecular weight excluding hydrogens is 319 g/mol. The number of nitrogens with zero attached hydrogens (tertiary/aromatic N) is 1. The van der Waals surface area contributed by atoms with Crippen molar-refractivity contribution in [1.29, 1.82) is 0 Å². The van der Waals surface area contributed by atoms with E-state index < -0.39 is 0 Å². The number of rotatable bonds is 5. The van der Waals surface area contributed by atoms with Crippen LogP contribution < -0.4 is 5.32 Å². The van der Waals surface area contributed by atoms with Gasteiger partial charge in [-0.3, -0.25) is 0 Å². The third kappa shape index (κ3) is 3.41. The second-order valence-electron chi connectivity index (χ2n) is 6.10. The average molecular weight is 343 g/mol. The molecule has 1 aromatic carbocycles. The highest BCUT2D eigenvalue weighted by molar-refractivity contribution is 9.10. The van der Waals surface area contributed by atoms with Gasteiger partial charge in [-0.05, 0) is 67.5 Å². The molecule has 0 bridgehead atoms. The van der Waals surface area contributed by atoms with Crippen molar-refractivity contribution in [3.8, 4) is 0 Å². The van der Waals surface area contributed by atoms with Crippen molar-refractivity contribution in [2.45, 2.75) is 44.2 Å². The van der Waals surface area contributed by atoms with E-state index >= 15 is 0 Å². The van der Waals surface area contributed by atoms with E-state index in [1.807, 2.05) is 12.1 Å². The van der Waals surface area contributed by atoms with Gasteiger partial charge in [0.1, 0.15) is 5.82 Å². The first kappa shape index (κ1) is 15.9. The lowest BCUT2D eigenvalue weighted by Crippen LogP contribution is -2.50. The van der Waals surface area contributed by atoms with Gasteiger partial charge in [0, 0.05) is 18.1 Å². The Bertz CT molecular complexity index is 456. The summed E-state index contributed by atoms with van der Waals surface area (Å²) < 4.78 is 13.8. The molecule has 20 heavy (non-hydrogen) atoms. The van der Waals surface area contributed by atoms with Gasteiger partial charge in [0.05, 0.1) is 4.47 Å². The van der Waals surface area contributed by atoms with E-state index in [0.717, 1.165) is 12.1 Å². The van der Waals surface area contributed by atoms with E-state index in [1.54, 1.807) is 0 Å². The first-order valence-electron chi connectivity index (χ1n) is 7.30. The number of nitrogens with one attached hydrogen (secondary N) is 1. The van der Waals surface area contributed by atoms with Crippen LogP contribution >= 0.6 is 15.9 Å². The molecule has 2 nitrogen and oxygen atoms in total. The van der Waals surface area contributed by atoms with Crippen molar-refractivity contribution in [1.82, 2.24) is 10.2 Å². The van der Waals surface area contributed by atoms with Crippen molar-refractivity contribution in [3.63, 3.8) is 0 Å². The summed E-state index contributed by atoms with van der Waals surface area (Å²) >= 11 is 3.25. The molecule has 1 atom stereocenters. The molecular formula is C16H24BrFN2. The third-order valence-electron chi connectivity index (χ3n) is 4.66. The van der Waals surface area contributed by atoms with Gasteiger partial charge in [-0.2, -0.15) is 0 Å². The van der Waals surface area contributed by atoms with Crippen LogP contribution in [0.25, 0.3) is 0 Å². The van der Waals surface area contributed by atoms with Gasteiger partial charge in [-0.1, -0.05) is 18.9 Å². The van der Waals surface area contributed by atoms with Gasteiger partial charge in [0.2, 0.25) is 0 Å². The first-order valence-corrected chi connectivity index (χ1v) is 8.10. The van der Waals surface area contributed by atoms with E-state index in [2.05, 4.69) is 47.2 Å². The van der Waals surface area contributed by atoms with Gasteiger partial charge >= 0.3 is 0 Å². The van der Waals surface area contributed by atoms with Crippen LogP contribution in [-0.2, 0) is 0 Å². The van der Waals surface area contributed by atoms with E-state index in [0.29, 0.717) is 4.47 Å².